The smallest absolute Gasteiger partial charge is 0.463 e. The number of halogens is 5. The SMILES string of the molecule is C[C@@H](O)[C@H](NC(=O)C(F)(F)C(F)(F)F)C(=O)O. The number of carbonyl (C=O) groups excluding carboxylic acids is 1. The predicted molar refractivity (Wildman–Crippen MR) is 42.2 cm³/mol. The second-order valence-corrected chi connectivity index (χ2v) is 3.10. The molecule has 1 amide bonds. The second-order valence-electron chi connectivity index (χ2n) is 3.10. The van der Waals surface area contributed by atoms with Crippen LogP contribution in [0.25, 0.3) is 0 Å². The lowest BCUT2D eigenvalue weighted by molar-refractivity contribution is -0.270. The van der Waals surface area contributed by atoms with Gasteiger partial charge < -0.3 is 15.5 Å². The van der Waals surface area contributed by atoms with Crippen LogP contribution in [0.4, 0.5) is 22.0 Å². The molecule has 0 aromatic rings. The van der Waals surface area contributed by atoms with Crippen molar-refractivity contribution in [3.63, 3.8) is 0 Å². The monoisotopic (exact) mass is 265 g/mol. The summed E-state index contributed by atoms with van der Waals surface area (Å²) in [6.07, 6.45) is -7.97. The van der Waals surface area contributed by atoms with Gasteiger partial charge in [0, 0.05) is 0 Å². The highest BCUT2D eigenvalue weighted by Gasteiger charge is 2.63. The quantitative estimate of drug-likeness (QED) is 0.631. The molecular formula is C7H8F5NO4. The zero-order chi connectivity index (χ0) is 14.0. The summed E-state index contributed by atoms with van der Waals surface area (Å²) >= 11 is 0. The molecule has 0 rings (SSSR count). The number of aliphatic hydroxyl groups is 1. The van der Waals surface area contributed by atoms with Gasteiger partial charge in [0.05, 0.1) is 6.10 Å². The summed E-state index contributed by atoms with van der Waals surface area (Å²) in [5.74, 6) is -10.5. The number of hydrogen-bond acceptors (Lipinski definition) is 3. The van der Waals surface area contributed by atoms with Gasteiger partial charge in [-0.3, -0.25) is 4.79 Å². The number of hydrogen-bond donors (Lipinski definition) is 3. The Morgan fingerprint density at radius 2 is 1.59 bits per heavy atom. The van der Waals surface area contributed by atoms with Gasteiger partial charge in [0.15, 0.2) is 6.04 Å². The minimum atomic E-state index is -6.14. The number of amides is 1. The highest BCUT2D eigenvalue weighted by Crippen LogP contribution is 2.35. The molecule has 0 aromatic heterocycles. The number of aliphatic hydroxyl groups excluding tert-OH is 1. The molecule has 0 saturated heterocycles. The molecule has 3 N–H and O–H groups in total. The first-order valence-electron chi connectivity index (χ1n) is 4.07. The maximum absolute atomic E-state index is 12.4. The van der Waals surface area contributed by atoms with E-state index >= 15 is 0 Å². The fraction of sp³-hybridized carbons (Fsp3) is 0.714. The molecule has 5 nitrogen and oxygen atoms in total. The van der Waals surface area contributed by atoms with E-state index in [0.717, 1.165) is 12.2 Å². The molecular weight excluding hydrogens is 257 g/mol. The maximum Gasteiger partial charge on any atom is 0.463 e. The number of alkyl halides is 5. The molecule has 0 aliphatic heterocycles. The fourth-order valence-corrected chi connectivity index (χ4v) is 0.749. The molecule has 0 aliphatic carbocycles. The average Bonchev–Trinajstić information content (AvgIpc) is 2.10. The largest absolute Gasteiger partial charge is 0.480 e. The number of carbonyl (C=O) groups is 2. The Kier molecular flexibility index (Phi) is 4.41. The van der Waals surface area contributed by atoms with Gasteiger partial charge in [-0.15, -0.1) is 0 Å². The number of rotatable bonds is 4. The third-order valence-corrected chi connectivity index (χ3v) is 1.68. The van der Waals surface area contributed by atoms with E-state index in [1.54, 1.807) is 0 Å². The fourth-order valence-electron chi connectivity index (χ4n) is 0.749. The lowest BCUT2D eigenvalue weighted by Gasteiger charge is -2.22. The van der Waals surface area contributed by atoms with Crippen LogP contribution in [-0.4, -0.2) is 46.3 Å². The van der Waals surface area contributed by atoms with Gasteiger partial charge in [-0.25, -0.2) is 4.79 Å². The van der Waals surface area contributed by atoms with Gasteiger partial charge in [0.25, 0.3) is 0 Å². The summed E-state index contributed by atoms with van der Waals surface area (Å²) in [4.78, 5) is 20.9. The Labute approximate surface area is 91.2 Å². The number of aliphatic carboxylic acids is 1. The first-order valence-corrected chi connectivity index (χ1v) is 4.07. The normalized spacial score (nSPS) is 16.2. The van der Waals surface area contributed by atoms with E-state index in [1.807, 2.05) is 0 Å². The summed E-state index contributed by atoms with van der Waals surface area (Å²) in [6, 6.07) is -2.25. The molecule has 0 radical (unpaired) electrons. The molecule has 0 unspecified atom stereocenters. The number of nitrogens with one attached hydrogen (secondary N) is 1. The van der Waals surface area contributed by atoms with Crippen LogP contribution < -0.4 is 5.32 Å². The molecule has 0 aromatic carbocycles. The lowest BCUT2D eigenvalue weighted by Crippen LogP contribution is -2.57. The topological polar surface area (TPSA) is 86.6 Å². The maximum atomic E-state index is 12.4. The van der Waals surface area contributed by atoms with Crippen molar-refractivity contribution in [3.8, 4) is 0 Å². The minimum Gasteiger partial charge on any atom is -0.480 e. The van der Waals surface area contributed by atoms with Crippen LogP contribution in [0.3, 0.4) is 0 Å². The third-order valence-electron chi connectivity index (χ3n) is 1.68. The van der Waals surface area contributed by atoms with Crippen molar-refractivity contribution < 1.29 is 41.8 Å². The molecule has 100 valence electrons. The summed E-state index contributed by atoms with van der Waals surface area (Å²) in [5.41, 5.74) is 0. The van der Waals surface area contributed by atoms with E-state index in [2.05, 4.69) is 0 Å². The summed E-state index contributed by atoms with van der Waals surface area (Å²) < 4.78 is 59.9. The molecule has 0 aliphatic rings. The van der Waals surface area contributed by atoms with Gasteiger partial charge in [0.1, 0.15) is 0 Å². The van der Waals surface area contributed by atoms with Crippen LogP contribution in [0.1, 0.15) is 6.92 Å². The van der Waals surface area contributed by atoms with Crippen LogP contribution in [-0.2, 0) is 9.59 Å². The summed E-state index contributed by atoms with van der Waals surface area (Å²) in [6.45, 7) is 0.810. The van der Waals surface area contributed by atoms with Crippen molar-refractivity contribution in [3.05, 3.63) is 0 Å². The van der Waals surface area contributed by atoms with E-state index in [9.17, 15) is 31.5 Å². The lowest BCUT2D eigenvalue weighted by atomic mass is 10.1. The van der Waals surface area contributed by atoms with Crippen LogP contribution in [0, 0.1) is 0 Å². The van der Waals surface area contributed by atoms with Gasteiger partial charge in [0.2, 0.25) is 0 Å². The minimum absolute atomic E-state index is 0.810. The van der Waals surface area contributed by atoms with Crippen LogP contribution in [0.2, 0.25) is 0 Å². The van der Waals surface area contributed by atoms with Crippen molar-refractivity contribution in [2.45, 2.75) is 31.2 Å². The molecule has 17 heavy (non-hydrogen) atoms. The van der Waals surface area contributed by atoms with Crippen LogP contribution in [0.15, 0.2) is 0 Å². The van der Waals surface area contributed by atoms with E-state index in [4.69, 9.17) is 10.2 Å². The first-order chi connectivity index (χ1) is 7.41. The summed E-state index contributed by atoms with van der Waals surface area (Å²) in [5, 5.41) is 18.0. The standard InChI is InChI=1S/C7H8F5NO4/c1-2(14)3(4(15)16)13-5(17)6(8,9)7(10,11)12/h2-3,14H,1H3,(H,13,17)(H,15,16)/t2-,3+/m1/s1. The molecule has 10 heteroatoms. The average molecular weight is 265 g/mol. The Bertz CT molecular complexity index is 314. The van der Waals surface area contributed by atoms with Crippen molar-refractivity contribution in [1.29, 1.82) is 0 Å². The van der Waals surface area contributed by atoms with Crippen molar-refractivity contribution in [2.75, 3.05) is 0 Å². The molecule has 0 saturated carbocycles. The molecule has 0 heterocycles. The Hall–Kier alpha value is -1.45. The third kappa shape index (κ3) is 3.51. The predicted octanol–water partition coefficient (Wildman–Crippen LogP) is 0.134. The Balaban J connectivity index is 4.92. The van der Waals surface area contributed by atoms with Gasteiger partial charge in [-0.2, -0.15) is 22.0 Å². The van der Waals surface area contributed by atoms with E-state index in [0.29, 0.717) is 0 Å². The van der Waals surface area contributed by atoms with Crippen molar-refractivity contribution in [1.82, 2.24) is 5.32 Å². The first kappa shape index (κ1) is 15.6. The Morgan fingerprint density at radius 1 is 1.18 bits per heavy atom. The zero-order valence-corrected chi connectivity index (χ0v) is 8.26. The number of carboxylic acid groups (broad SMARTS) is 1. The molecule has 0 fully saturated rings. The van der Waals surface area contributed by atoms with E-state index < -0.39 is 36.1 Å². The summed E-state index contributed by atoms with van der Waals surface area (Å²) in [7, 11) is 0. The van der Waals surface area contributed by atoms with Gasteiger partial charge >= 0.3 is 24.0 Å². The number of carboxylic acids is 1. The van der Waals surface area contributed by atoms with Crippen molar-refractivity contribution in [2.24, 2.45) is 0 Å². The Morgan fingerprint density at radius 3 is 1.82 bits per heavy atom. The molecule has 0 bridgehead atoms. The molecule has 2 atom stereocenters. The highest BCUT2D eigenvalue weighted by molar-refractivity contribution is 5.88. The van der Waals surface area contributed by atoms with Crippen LogP contribution >= 0.6 is 0 Å². The van der Waals surface area contributed by atoms with Crippen LogP contribution in [0.5, 0.6) is 0 Å². The highest BCUT2D eigenvalue weighted by atomic mass is 19.4. The van der Waals surface area contributed by atoms with Gasteiger partial charge in [-0.1, -0.05) is 0 Å². The molecule has 0 spiro atoms. The van der Waals surface area contributed by atoms with E-state index in [1.165, 1.54) is 0 Å². The van der Waals surface area contributed by atoms with Gasteiger partial charge in [-0.05, 0) is 6.92 Å². The van der Waals surface area contributed by atoms with Crippen molar-refractivity contribution >= 4 is 11.9 Å². The zero-order valence-electron chi connectivity index (χ0n) is 8.26. The second kappa shape index (κ2) is 4.82. The van der Waals surface area contributed by atoms with E-state index in [-0.39, 0.29) is 0 Å².